The minimum Gasteiger partial charge on any atom is -0.482 e. The molecule has 0 saturated carbocycles. The predicted octanol–water partition coefficient (Wildman–Crippen LogP) is 0.529. The molecule has 0 saturated heterocycles. The lowest BCUT2D eigenvalue weighted by molar-refractivity contribution is 0.268. The Morgan fingerprint density at radius 3 is 3.14 bits per heavy atom. The maximum absolute atomic E-state index is 4.78. The van der Waals surface area contributed by atoms with Gasteiger partial charge >= 0.3 is 0 Å². The maximum Gasteiger partial charge on any atom is 0.202 e. The van der Waals surface area contributed by atoms with Crippen molar-refractivity contribution in [2.24, 2.45) is 0 Å². The molecule has 7 heavy (non-hydrogen) atoms. The van der Waals surface area contributed by atoms with E-state index in [1.165, 1.54) is 0 Å². The minimum atomic E-state index is 0.755. The molecule has 1 radical (unpaired) electrons. The molecule has 0 unspecified atom stereocenters. The fraction of sp³-hybridized carbons (Fsp3) is 0.500. The molecule has 1 heterocycles. The average Bonchev–Trinajstić information content (AvgIpc) is 2.14. The Labute approximate surface area is 46.9 Å². The molecule has 1 aliphatic heterocycles. The van der Waals surface area contributed by atoms with Gasteiger partial charge in [0.2, 0.25) is 5.88 Å². The zero-order valence-electron chi connectivity index (χ0n) is 4.02. The number of ether oxygens (including phenoxy) is 1. The number of hydrogen-bond acceptors (Lipinski definition) is 3. The third kappa shape index (κ3) is 1.03. The standard InChI is InChI=1S/C4H6NOS/c1-6-4-2-7-3-5-4/h5H,3H2,1H3. The van der Waals surface area contributed by atoms with E-state index in [2.05, 4.69) is 10.7 Å². The zero-order chi connectivity index (χ0) is 5.11. The zero-order valence-corrected chi connectivity index (χ0v) is 4.84. The fourth-order valence-corrected chi connectivity index (χ4v) is 0.915. The summed E-state index contributed by atoms with van der Waals surface area (Å²) in [4.78, 5) is 0. The van der Waals surface area contributed by atoms with Crippen molar-refractivity contribution < 1.29 is 4.74 Å². The van der Waals surface area contributed by atoms with Crippen molar-refractivity contribution in [3.05, 3.63) is 11.3 Å². The van der Waals surface area contributed by atoms with Crippen LogP contribution in [0.4, 0.5) is 0 Å². The lowest BCUT2D eigenvalue weighted by Gasteiger charge is -1.96. The molecule has 3 heteroatoms. The lowest BCUT2D eigenvalue weighted by Crippen LogP contribution is -2.06. The number of rotatable bonds is 1. The number of hydrogen-bond donors (Lipinski definition) is 1. The molecule has 0 aliphatic carbocycles. The highest BCUT2D eigenvalue weighted by Crippen LogP contribution is 2.09. The van der Waals surface area contributed by atoms with Gasteiger partial charge in [0.15, 0.2) is 0 Å². The van der Waals surface area contributed by atoms with Gasteiger partial charge in [0.1, 0.15) is 0 Å². The third-order valence-corrected chi connectivity index (χ3v) is 1.29. The van der Waals surface area contributed by atoms with Crippen LogP contribution in [0.15, 0.2) is 5.88 Å². The fourth-order valence-electron chi connectivity index (χ4n) is 0.353. The van der Waals surface area contributed by atoms with Crippen molar-refractivity contribution in [3.8, 4) is 0 Å². The topological polar surface area (TPSA) is 21.3 Å². The van der Waals surface area contributed by atoms with Crippen molar-refractivity contribution in [2.45, 2.75) is 0 Å². The largest absolute Gasteiger partial charge is 0.482 e. The first-order valence-corrected chi connectivity index (χ1v) is 2.94. The highest BCUT2D eigenvalue weighted by molar-refractivity contribution is 8.01. The van der Waals surface area contributed by atoms with E-state index in [-0.39, 0.29) is 0 Å². The Hall–Kier alpha value is -0.310. The molecule has 0 spiro atoms. The van der Waals surface area contributed by atoms with E-state index in [1.807, 2.05) is 0 Å². The van der Waals surface area contributed by atoms with Crippen LogP contribution in [0.3, 0.4) is 0 Å². The van der Waals surface area contributed by atoms with Crippen LogP contribution >= 0.6 is 11.8 Å². The van der Waals surface area contributed by atoms with Gasteiger partial charge in [-0.05, 0) is 0 Å². The van der Waals surface area contributed by atoms with Gasteiger partial charge in [0.25, 0.3) is 0 Å². The Balaban J connectivity index is 2.36. The van der Waals surface area contributed by atoms with E-state index in [4.69, 9.17) is 4.74 Å². The molecular formula is C4H6NOS. The summed E-state index contributed by atoms with van der Waals surface area (Å²) < 4.78 is 4.78. The van der Waals surface area contributed by atoms with Crippen LogP contribution in [0, 0.1) is 5.41 Å². The van der Waals surface area contributed by atoms with Crippen molar-refractivity contribution in [2.75, 3.05) is 13.0 Å². The first kappa shape index (κ1) is 4.84. The van der Waals surface area contributed by atoms with Crippen LogP contribution in [-0.2, 0) is 4.74 Å². The van der Waals surface area contributed by atoms with E-state index in [0.717, 1.165) is 11.8 Å². The van der Waals surface area contributed by atoms with Crippen LogP contribution in [0.25, 0.3) is 0 Å². The summed E-state index contributed by atoms with van der Waals surface area (Å²) >= 11 is 1.58. The van der Waals surface area contributed by atoms with Gasteiger partial charge in [-0.15, -0.1) is 0 Å². The summed E-state index contributed by atoms with van der Waals surface area (Å²) in [7, 11) is 1.63. The highest BCUT2D eigenvalue weighted by Gasteiger charge is 2.00. The van der Waals surface area contributed by atoms with Crippen LogP contribution in [0.1, 0.15) is 0 Å². The molecule has 0 amide bonds. The SMILES string of the molecule is COC1=[C]SCN1. The second-order valence-electron chi connectivity index (χ2n) is 1.10. The third-order valence-electron chi connectivity index (χ3n) is 0.674. The second-order valence-corrected chi connectivity index (χ2v) is 1.88. The van der Waals surface area contributed by atoms with Crippen molar-refractivity contribution in [1.29, 1.82) is 0 Å². The first-order chi connectivity index (χ1) is 3.43. The number of nitrogens with one attached hydrogen (secondary N) is 1. The van der Waals surface area contributed by atoms with Crippen molar-refractivity contribution >= 4 is 11.8 Å². The summed E-state index contributed by atoms with van der Waals surface area (Å²) in [5, 5.41) is 5.86. The molecule has 0 aromatic carbocycles. The first-order valence-electron chi connectivity index (χ1n) is 1.96. The molecule has 39 valence electrons. The van der Waals surface area contributed by atoms with Gasteiger partial charge in [-0.2, -0.15) is 0 Å². The highest BCUT2D eigenvalue weighted by atomic mass is 32.2. The Bertz CT molecular complexity index is 91.7. The molecule has 0 bridgehead atoms. The van der Waals surface area contributed by atoms with E-state index in [0.29, 0.717) is 0 Å². The molecule has 0 atom stereocenters. The van der Waals surface area contributed by atoms with Gasteiger partial charge in [-0.25, -0.2) is 0 Å². The summed E-state index contributed by atoms with van der Waals surface area (Å²) in [6.07, 6.45) is 0. The van der Waals surface area contributed by atoms with Gasteiger partial charge in [0.05, 0.1) is 18.4 Å². The molecule has 0 fully saturated rings. The Kier molecular flexibility index (Phi) is 1.46. The van der Waals surface area contributed by atoms with Gasteiger partial charge < -0.3 is 10.1 Å². The minimum absolute atomic E-state index is 0.755. The monoisotopic (exact) mass is 116 g/mol. The molecule has 0 aromatic rings. The van der Waals surface area contributed by atoms with Gasteiger partial charge in [-0.1, -0.05) is 11.8 Å². The lowest BCUT2D eigenvalue weighted by atomic mass is 10.9. The van der Waals surface area contributed by atoms with Gasteiger partial charge in [-0.3, -0.25) is 0 Å². The Morgan fingerprint density at radius 2 is 2.86 bits per heavy atom. The molecule has 1 aliphatic rings. The summed E-state index contributed by atoms with van der Waals surface area (Å²) in [5.74, 6) is 1.65. The van der Waals surface area contributed by atoms with Crippen LogP contribution in [0.5, 0.6) is 0 Å². The van der Waals surface area contributed by atoms with Crippen molar-refractivity contribution in [3.63, 3.8) is 0 Å². The van der Waals surface area contributed by atoms with Crippen LogP contribution in [-0.4, -0.2) is 13.0 Å². The Morgan fingerprint density at radius 1 is 2.00 bits per heavy atom. The molecule has 1 N–H and O–H groups in total. The second kappa shape index (κ2) is 2.12. The normalized spacial score (nSPS) is 18.1. The van der Waals surface area contributed by atoms with Gasteiger partial charge in [0, 0.05) is 0 Å². The summed E-state index contributed by atoms with van der Waals surface area (Å²) in [5.41, 5.74) is 0. The van der Waals surface area contributed by atoms with E-state index < -0.39 is 0 Å². The number of thioether (sulfide) groups is 1. The van der Waals surface area contributed by atoms with E-state index in [1.54, 1.807) is 18.9 Å². The average molecular weight is 116 g/mol. The number of methoxy groups -OCH3 is 1. The van der Waals surface area contributed by atoms with E-state index in [9.17, 15) is 0 Å². The van der Waals surface area contributed by atoms with Crippen molar-refractivity contribution in [1.82, 2.24) is 5.32 Å². The summed E-state index contributed by atoms with van der Waals surface area (Å²) in [6.45, 7) is 0. The van der Waals surface area contributed by atoms with Crippen LogP contribution in [0.2, 0.25) is 0 Å². The molecule has 1 rings (SSSR count). The molecule has 0 aromatic heterocycles. The quantitative estimate of drug-likeness (QED) is 0.540. The smallest absolute Gasteiger partial charge is 0.202 e. The summed E-state index contributed by atoms with van der Waals surface area (Å²) in [6, 6.07) is 0. The maximum atomic E-state index is 4.78. The van der Waals surface area contributed by atoms with Crippen LogP contribution < -0.4 is 5.32 Å². The predicted molar refractivity (Wildman–Crippen MR) is 29.4 cm³/mol. The van der Waals surface area contributed by atoms with E-state index >= 15 is 0 Å². The molecule has 2 nitrogen and oxygen atoms in total. The molecular weight excluding hydrogens is 110 g/mol.